The van der Waals surface area contributed by atoms with E-state index in [9.17, 15) is 9.59 Å². The quantitative estimate of drug-likeness (QED) is 0.405. The summed E-state index contributed by atoms with van der Waals surface area (Å²) in [7, 11) is 0. The largest absolute Gasteiger partial charge is 0.345 e. The van der Waals surface area contributed by atoms with Crippen LogP contribution in [-0.2, 0) is 9.59 Å². The van der Waals surface area contributed by atoms with Gasteiger partial charge in [0, 0.05) is 6.42 Å². The van der Waals surface area contributed by atoms with Crippen LogP contribution in [0.25, 0.3) is 0 Å². The van der Waals surface area contributed by atoms with Gasteiger partial charge in [-0.1, -0.05) is 64.2 Å². The third-order valence-corrected chi connectivity index (χ3v) is 3.64. The minimum atomic E-state index is -0.528. The van der Waals surface area contributed by atoms with Crippen molar-refractivity contribution in [2.45, 2.75) is 84.1 Å². The van der Waals surface area contributed by atoms with E-state index in [4.69, 9.17) is 6.42 Å². The molecule has 0 aliphatic heterocycles. The number of carbonyl (C=O) groups is 2. The van der Waals surface area contributed by atoms with E-state index in [2.05, 4.69) is 23.5 Å². The van der Waals surface area contributed by atoms with Crippen LogP contribution in [0.5, 0.6) is 0 Å². The normalized spacial score (nSPS) is 11.5. The first-order valence-corrected chi connectivity index (χ1v) is 8.62. The molecule has 2 N–H and O–H groups in total. The standard InChI is InChI=1S/C18H32N2O2/c1-4-6-7-8-9-10-11-12-13-14-17(21)20-16(3)18(22)19-15-5-2/h2,16H,4,6-15H2,1,3H3,(H,19,22)(H,20,21)/t16-/m0/s1. The van der Waals surface area contributed by atoms with Gasteiger partial charge in [-0.05, 0) is 13.3 Å². The molecule has 0 bridgehead atoms. The molecule has 22 heavy (non-hydrogen) atoms. The van der Waals surface area contributed by atoms with Crippen molar-refractivity contribution in [2.75, 3.05) is 6.54 Å². The first-order chi connectivity index (χ1) is 10.6. The first kappa shape index (κ1) is 20.5. The van der Waals surface area contributed by atoms with Gasteiger partial charge in [0.05, 0.1) is 6.54 Å². The van der Waals surface area contributed by atoms with Gasteiger partial charge in [0.25, 0.3) is 0 Å². The number of carbonyl (C=O) groups excluding carboxylic acids is 2. The Morgan fingerprint density at radius 3 is 2.09 bits per heavy atom. The van der Waals surface area contributed by atoms with E-state index in [1.807, 2.05) is 0 Å². The molecular weight excluding hydrogens is 276 g/mol. The van der Waals surface area contributed by atoms with Crippen LogP contribution >= 0.6 is 0 Å². The molecule has 0 heterocycles. The van der Waals surface area contributed by atoms with E-state index in [1.165, 1.54) is 44.9 Å². The fourth-order valence-electron chi connectivity index (χ4n) is 2.27. The van der Waals surface area contributed by atoms with Gasteiger partial charge < -0.3 is 10.6 Å². The molecule has 0 aliphatic rings. The highest BCUT2D eigenvalue weighted by atomic mass is 16.2. The van der Waals surface area contributed by atoms with Crippen molar-refractivity contribution >= 4 is 11.8 Å². The van der Waals surface area contributed by atoms with Gasteiger partial charge in [0.2, 0.25) is 11.8 Å². The minimum absolute atomic E-state index is 0.0636. The molecule has 4 nitrogen and oxygen atoms in total. The second-order valence-corrected chi connectivity index (χ2v) is 5.79. The van der Waals surface area contributed by atoms with Crippen molar-refractivity contribution in [1.82, 2.24) is 10.6 Å². The lowest BCUT2D eigenvalue weighted by Gasteiger charge is -2.13. The lowest BCUT2D eigenvalue weighted by molar-refractivity contribution is -0.128. The van der Waals surface area contributed by atoms with Gasteiger partial charge in [-0.15, -0.1) is 6.42 Å². The average molecular weight is 308 g/mol. The Kier molecular flexibility index (Phi) is 13.5. The lowest BCUT2D eigenvalue weighted by atomic mass is 10.1. The number of terminal acetylenes is 1. The first-order valence-electron chi connectivity index (χ1n) is 8.62. The van der Waals surface area contributed by atoms with Gasteiger partial charge in [-0.2, -0.15) is 0 Å². The molecule has 1 atom stereocenters. The van der Waals surface area contributed by atoms with Crippen molar-refractivity contribution in [3.8, 4) is 12.3 Å². The molecule has 126 valence electrons. The van der Waals surface area contributed by atoms with Crippen LogP contribution in [0.3, 0.4) is 0 Å². The molecule has 0 aromatic carbocycles. The number of amides is 2. The van der Waals surface area contributed by atoms with E-state index in [0.29, 0.717) is 6.42 Å². The van der Waals surface area contributed by atoms with Crippen LogP contribution in [0.15, 0.2) is 0 Å². The van der Waals surface area contributed by atoms with E-state index < -0.39 is 6.04 Å². The van der Waals surface area contributed by atoms with Crippen LogP contribution in [0.2, 0.25) is 0 Å². The molecule has 0 saturated carbocycles. The molecule has 0 aromatic rings. The summed E-state index contributed by atoms with van der Waals surface area (Å²) < 4.78 is 0. The summed E-state index contributed by atoms with van der Waals surface area (Å²) in [6, 6.07) is -0.528. The molecule has 0 aliphatic carbocycles. The molecule has 0 saturated heterocycles. The second-order valence-electron chi connectivity index (χ2n) is 5.79. The van der Waals surface area contributed by atoms with Gasteiger partial charge in [0.1, 0.15) is 6.04 Å². The van der Waals surface area contributed by atoms with E-state index in [1.54, 1.807) is 6.92 Å². The van der Waals surface area contributed by atoms with Crippen LogP contribution < -0.4 is 10.6 Å². The van der Waals surface area contributed by atoms with E-state index in [-0.39, 0.29) is 18.4 Å². The molecule has 0 radical (unpaired) electrons. The summed E-state index contributed by atoms with van der Waals surface area (Å²) >= 11 is 0. The monoisotopic (exact) mass is 308 g/mol. The molecular formula is C18H32N2O2. The Morgan fingerprint density at radius 1 is 1.00 bits per heavy atom. The van der Waals surface area contributed by atoms with Crippen LogP contribution in [0, 0.1) is 12.3 Å². The second kappa shape index (κ2) is 14.4. The maximum Gasteiger partial charge on any atom is 0.243 e. The highest BCUT2D eigenvalue weighted by Gasteiger charge is 2.14. The number of hydrogen-bond donors (Lipinski definition) is 2. The average Bonchev–Trinajstić information content (AvgIpc) is 2.50. The molecule has 0 unspecified atom stereocenters. The zero-order chi connectivity index (χ0) is 16.6. The Bertz CT molecular complexity index is 347. The van der Waals surface area contributed by atoms with Crippen molar-refractivity contribution < 1.29 is 9.59 Å². The molecule has 0 fully saturated rings. The Labute approximate surface area is 135 Å². The summed E-state index contributed by atoms with van der Waals surface area (Å²) in [5, 5.41) is 5.25. The maximum absolute atomic E-state index is 11.7. The van der Waals surface area contributed by atoms with Crippen LogP contribution in [0.1, 0.15) is 78.1 Å². The van der Waals surface area contributed by atoms with Crippen LogP contribution in [-0.4, -0.2) is 24.4 Å². The number of hydrogen-bond acceptors (Lipinski definition) is 2. The van der Waals surface area contributed by atoms with Crippen molar-refractivity contribution in [3.63, 3.8) is 0 Å². The van der Waals surface area contributed by atoms with Gasteiger partial charge in [-0.3, -0.25) is 9.59 Å². The highest BCUT2D eigenvalue weighted by Crippen LogP contribution is 2.10. The van der Waals surface area contributed by atoms with Gasteiger partial charge >= 0.3 is 0 Å². The highest BCUT2D eigenvalue weighted by molar-refractivity contribution is 5.87. The third-order valence-electron chi connectivity index (χ3n) is 3.64. The zero-order valence-corrected chi connectivity index (χ0v) is 14.2. The topological polar surface area (TPSA) is 58.2 Å². The lowest BCUT2D eigenvalue weighted by Crippen LogP contribution is -2.44. The number of nitrogens with one attached hydrogen (secondary N) is 2. The van der Waals surface area contributed by atoms with Crippen molar-refractivity contribution in [1.29, 1.82) is 0 Å². The number of unbranched alkanes of at least 4 members (excludes halogenated alkanes) is 8. The summed E-state index contributed by atoms with van der Waals surface area (Å²) in [4.78, 5) is 23.2. The Hall–Kier alpha value is -1.50. The molecule has 2 amide bonds. The van der Waals surface area contributed by atoms with E-state index in [0.717, 1.165) is 12.8 Å². The molecule has 0 rings (SSSR count). The number of rotatable bonds is 13. The summed E-state index contributed by atoms with van der Waals surface area (Å²) in [6.07, 6.45) is 16.6. The Balaban J connectivity index is 3.50. The summed E-state index contributed by atoms with van der Waals surface area (Å²) in [6.45, 7) is 4.09. The van der Waals surface area contributed by atoms with Gasteiger partial charge in [-0.25, -0.2) is 0 Å². The van der Waals surface area contributed by atoms with Gasteiger partial charge in [0.15, 0.2) is 0 Å². The molecule has 4 heteroatoms. The smallest absolute Gasteiger partial charge is 0.243 e. The summed E-state index contributed by atoms with van der Waals surface area (Å²) in [5.74, 6) is 2.03. The third kappa shape index (κ3) is 12.3. The molecule has 0 aromatic heterocycles. The fraction of sp³-hybridized carbons (Fsp3) is 0.778. The predicted molar refractivity (Wildman–Crippen MR) is 91.3 cm³/mol. The fourth-order valence-corrected chi connectivity index (χ4v) is 2.27. The van der Waals surface area contributed by atoms with Crippen molar-refractivity contribution in [3.05, 3.63) is 0 Å². The zero-order valence-electron chi connectivity index (χ0n) is 14.2. The SMILES string of the molecule is C#CCNC(=O)[C@H](C)NC(=O)CCCCCCCCCCC. The minimum Gasteiger partial charge on any atom is -0.345 e. The maximum atomic E-state index is 11.7. The Morgan fingerprint density at radius 2 is 1.55 bits per heavy atom. The van der Waals surface area contributed by atoms with E-state index >= 15 is 0 Å². The summed E-state index contributed by atoms with van der Waals surface area (Å²) in [5.41, 5.74) is 0. The van der Waals surface area contributed by atoms with Crippen LogP contribution in [0.4, 0.5) is 0 Å². The predicted octanol–water partition coefficient (Wildman–Crippen LogP) is 3.16. The molecule has 0 spiro atoms. The van der Waals surface area contributed by atoms with Crippen molar-refractivity contribution in [2.24, 2.45) is 0 Å².